The van der Waals surface area contributed by atoms with Crippen molar-refractivity contribution >= 4 is 23.3 Å². The fraction of sp³-hybridized carbons (Fsp3) is 0.353. The molecule has 0 saturated heterocycles. The molecular weight excluding hydrogens is 324 g/mol. The summed E-state index contributed by atoms with van der Waals surface area (Å²) in [5, 5.41) is 4.76. The number of carbonyl (C=O) groups excluding carboxylic acids is 2. The maximum atomic E-state index is 12.3. The number of nitrogens with zero attached hydrogens (tertiary/aromatic N) is 3. The van der Waals surface area contributed by atoms with Crippen molar-refractivity contribution in [2.24, 2.45) is 0 Å². The third kappa shape index (κ3) is 3.91. The van der Waals surface area contributed by atoms with Crippen LogP contribution in [0.3, 0.4) is 0 Å². The van der Waals surface area contributed by atoms with Crippen LogP contribution in [0.5, 0.6) is 0 Å². The van der Waals surface area contributed by atoms with Crippen LogP contribution in [-0.4, -0.2) is 46.9 Å². The van der Waals surface area contributed by atoms with E-state index in [1.165, 1.54) is 10.4 Å². The normalized spacial score (nSPS) is 13.3. The summed E-state index contributed by atoms with van der Waals surface area (Å²) in [6, 6.07) is 5.54. The molecule has 1 aliphatic heterocycles. The van der Waals surface area contributed by atoms with Crippen molar-refractivity contribution < 1.29 is 9.59 Å². The van der Waals surface area contributed by atoms with Crippen LogP contribution in [0.25, 0.3) is 0 Å². The van der Waals surface area contributed by atoms with Crippen LogP contribution in [0, 0.1) is 0 Å². The largest absolute Gasteiger partial charge is 0.336 e. The number of hydrogen-bond donors (Lipinski definition) is 1. The van der Waals surface area contributed by atoms with Gasteiger partial charge in [0.15, 0.2) is 0 Å². The van der Waals surface area contributed by atoms with E-state index in [0.29, 0.717) is 13.1 Å². The van der Waals surface area contributed by atoms with E-state index in [2.05, 4.69) is 21.7 Å². The number of pyridine rings is 1. The van der Waals surface area contributed by atoms with Gasteiger partial charge in [0, 0.05) is 44.0 Å². The monoisotopic (exact) mass is 344 g/mol. The van der Waals surface area contributed by atoms with Crippen molar-refractivity contribution in [3.63, 3.8) is 0 Å². The van der Waals surface area contributed by atoms with E-state index >= 15 is 0 Å². The van der Waals surface area contributed by atoms with Gasteiger partial charge < -0.3 is 15.1 Å². The Kier molecular flexibility index (Phi) is 5.10. The van der Waals surface area contributed by atoms with Crippen molar-refractivity contribution in [3.8, 4) is 0 Å². The van der Waals surface area contributed by atoms with Gasteiger partial charge in [0.05, 0.1) is 6.54 Å². The van der Waals surface area contributed by atoms with Gasteiger partial charge in [-0.2, -0.15) is 0 Å². The lowest BCUT2D eigenvalue weighted by Crippen LogP contribution is -2.45. The van der Waals surface area contributed by atoms with Crippen LogP contribution in [0.1, 0.15) is 16.0 Å². The molecule has 6 nitrogen and oxygen atoms in total. The van der Waals surface area contributed by atoms with Gasteiger partial charge in [0.1, 0.15) is 0 Å². The predicted molar refractivity (Wildman–Crippen MR) is 92.5 cm³/mol. The highest BCUT2D eigenvalue weighted by Gasteiger charge is 2.22. The quantitative estimate of drug-likeness (QED) is 0.921. The number of aromatic nitrogens is 1. The summed E-state index contributed by atoms with van der Waals surface area (Å²) in [7, 11) is 1.71. The number of fused-ring (bicyclic) bond motifs is 1. The zero-order valence-electron chi connectivity index (χ0n) is 13.6. The van der Waals surface area contributed by atoms with Gasteiger partial charge in [-0.25, -0.2) is 4.79 Å². The van der Waals surface area contributed by atoms with Crippen molar-refractivity contribution in [1.29, 1.82) is 0 Å². The minimum atomic E-state index is -0.256. The van der Waals surface area contributed by atoms with Crippen molar-refractivity contribution in [3.05, 3.63) is 52.0 Å². The zero-order chi connectivity index (χ0) is 16.9. The number of nitrogens with one attached hydrogen (secondary N) is 1. The van der Waals surface area contributed by atoms with Crippen LogP contribution >= 0.6 is 11.3 Å². The fourth-order valence-electron chi connectivity index (χ4n) is 2.69. The first kappa shape index (κ1) is 16.4. The lowest BCUT2D eigenvalue weighted by molar-refractivity contribution is -0.131. The molecular formula is C17H20N4O2S. The van der Waals surface area contributed by atoms with Crippen molar-refractivity contribution in [1.82, 2.24) is 20.1 Å². The first-order valence-electron chi connectivity index (χ1n) is 7.84. The third-order valence-corrected chi connectivity index (χ3v) is 5.09. The molecule has 3 rings (SSSR count). The highest BCUT2D eigenvalue weighted by atomic mass is 32.1. The van der Waals surface area contributed by atoms with Gasteiger partial charge >= 0.3 is 6.03 Å². The third-order valence-electron chi connectivity index (χ3n) is 4.07. The smallest absolute Gasteiger partial charge is 0.317 e. The molecule has 0 saturated carbocycles. The molecule has 0 fully saturated rings. The topological polar surface area (TPSA) is 65.5 Å². The lowest BCUT2D eigenvalue weighted by atomic mass is 10.1. The summed E-state index contributed by atoms with van der Waals surface area (Å²) in [6.45, 7) is 1.86. The number of urea groups is 1. The molecule has 0 spiro atoms. The number of carbonyl (C=O) groups is 2. The van der Waals surface area contributed by atoms with E-state index in [1.54, 1.807) is 40.6 Å². The van der Waals surface area contributed by atoms with Gasteiger partial charge in [-0.1, -0.05) is 0 Å². The van der Waals surface area contributed by atoms with Crippen LogP contribution in [0.4, 0.5) is 4.79 Å². The van der Waals surface area contributed by atoms with E-state index in [-0.39, 0.29) is 18.5 Å². The molecule has 2 aromatic rings. The predicted octanol–water partition coefficient (Wildman–Crippen LogP) is 1.87. The minimum absolute atomic E-state index is 0.0268. The van der Waals surface area contributed by atoms with Gasteiger partial charge in [0.25, 0.3) is 0 Å². The standard InChI is InChI=1S/C17H20N4O2S/c1-20(11-13-2-6-18-7-3-13)17(23)19-10-16(22)21-8-4-15-14(12-21)5-9-24-15/h2-3,5-7,9H,4,8,10-12H2,1H3,(H,19,23). The Labute approximate surface area is 145 Å². The molecule has 3 heterocycles. The maximum absolute atomic E-state index is 12.3. The Morgan fingerprint density at radius 1 is 1.33 bits per heavy atom. The second kappa shape index (κ2) is 7.44. The van der Waals surface area contributed by atoms with Crippen molar-refractivity contribution in [2.75, 3.05) is 20.1 Å². The Bertz CT molecular complexity index is 716. The average Bonchev–Trinajstić information content (AvgIpc) is 3.07. The second-order valence-corrected chi connectivity index (χ2v) is 6.81. The Hall–Kier alpha value is -2.41. The molecule has 24 heavy (non-hydrogen) atoms. The summed E-state index contributed by atoms with van der Waals surface area (Å²) >= 11 is 1.74. The lowest BCUT2D eigenvalue weighted by Gasteiger charge is -2.27. The number of amides is 3. The molecule has 1 aliphatic rings. The minimum Gasteiger partial charge on any atom is -0.336 e. The molecule has 0 radical (unpaired) electrons. The fourth-order valence-corrected chi connectivity index (χ4v) is 3.58. The SMILES string of the molecule is CN(Cc1ccncc1)C(=O)NCC(=O)N1CCc2sccc2C1. The average molecular weight is 344 g/mol. The second-order valence-electron chi connectivity index (χ2n) is 5.80. The molecule has 3 amide bonds. The Morgan fingerprint density at radius 2 is 2.12 bits per heavy atom. The molecule has 0 aliphatic carbocycles. The molecule has 7 heteroatoms. The molecule has 2 aromatic heterocycles. The molecule has 126 valence electrons. The van der Waals surface area contributed by atoms with E-state index in [1.807, 2.05) is 12.1 Å². The molecule has 0 unspecified atom stereocenters. The number of rotatable bonds is 4. The van der Waals surface area contributed by atoms with Crippen LogP contribution in [0.15, 0.2) is 36.0 Å². The Balaban J connectivity index is 1.46. The summed E-state index contributed by atoms with van der Waals surface area (Å²) < 4.78 is 0. The summed E-state index contributed by atoms with van der Waals surface area (Å²) in [5.74, 6) is -0.0440. The van der Waals surface area contributed by atoms with E-state index < -0.39 is 0 Å². The number of hydrogen-bond acceptors (Lipinski definition) is 4. The highest BCUT2D eigenvalue weighted by Crippen LogP contribution is 2.23. The summed E-state index contributed by atoms with van der Waals surface area (Å²) in [6.07, 6.45) is 4.29. The first-order valence-corrected chi connectivity index (χ1v) is 8.72. The van der Waals surface area contributed by atoms with Gasteiger partial charge in [-0.05, 0) is 41.1 Å². The van der Waals surface area contributed by atoms with Crippen LogP contribution in [0.2, 0.25) is 0 Å². The van der Waals surface area contributed by atoms with Gasteiger partial charge in [-0.3, -0.25) is 9.78 Å². The highest BCUT2D eigenvalue weighted by molar-refractivity contribution is 7.10. The maximum Gasteiger partial charge on any atom is 0.317 e. The molecule has 0 aromatic carbocycles. The van der Waals surface area contributed by atoms with E-state index in [4.69, 9.17) is 0 Å². The van der Waals surface area contributed by atoms with Crippen LogP contribution < -0.4 is 5.32 Å². The number of thiophene rings is 1. The van der Waals surface area contributed by atoms with Crippen molar-refractivity contribution in [2.45, 2.75) is 19.5 Å². The molecule has 1 N–H and O–H groups in total. The summed E-state index contributed by atoms with van der Waals surface area (Å²) in [4.78, 5) is 33.1. The van der Waals surface area contributed by atoms with E-state index in [9.17, 15) is 9.59 Å². The Morgan fingerprint density at radius 3 is 2.92 bits per heavy atom. The van der Waals surface area contributed by atoms with Gasteiger partial charge in [-0.15, -0.1) is 11.3 Å². The van der Waals surface area contributed by atoms with E-state index in [0.717, 1.165) is 18.5 Å². The summed E-state index contributed by atoms with van der Waals surface area (Å²) in [5.41, 5.74) is 2.22. The molecule has 0 bridgehead atoms. The first-order chi connectivity index (χ1) is 11.6. The zero-order valence-corrected chi connectivity index (χ0v) is 14.4. The molecule has 0 atom stereocenters. The van der Waals surface area contributed by atoms with Gasteiger partial charge in [0.2, 0.25) is 5.91 Å². The van der Waals surface area contributed by atoms with Crippen LogP contribution in [-0.2, 0) is 24.3 Å².